The first-order valence-corrected chi connectivity index (χ1v) is 10.0. The Bertz CT molecular complexity index is 665. The summed E-state index contributed by atoms with van der Waals surface area (Å²) >= 11 is 0. The number of hydrogen-bond donors (Lipinski definition) is 2. The molecule has 25 heavy (non-hydrogen) atoms. The highest BCUT2D eigenvalue weighted by Gasteiger charge is 2.26. The van der Waals surface area contributed by atoms with Gasteiger partial charge in [0.15, 0.2) is 0 Å². The van der Waals surface area contributed by atoms with E-state index in [2.05, 4.69) is 70.0 Å². The van der Waals surface area contributed by atoms with Crippen LogP contribution in [0.2, 0.25) is 0 Å². The zero-order chi connectivity index (χ0) is 18.7. The predicted octanol–water partition coefficient (Wildman–Crippen LogP) is 4.43. The van der Waals surface area contributed by atoms with Crippen LogP contribution in [0.15, 0.2) is 36.7 Å². The summed E-state index contributed by atoms with van der Waals surface area (Å²) in [6, 6.07) is 8.40. The third-order valence-electron chi connectivity index (χ3n) is 4.20. The third-order valence-corrected chi connectivity index (χ3v) is 5.32. The van der Waals surface area contributed by atoms with Crippen LogP contribution < -0.4 is 10.6 Å². The van der Waals surface area contributed by atoms with E-state index < -0.39 is 0 Å². The number of benzene rings is 1. The Hall–Kier alpha value is -1.44. The van der Waals surface area contributed by atoms with Crippen molar-refractivity contribution in [3.8, 4) is 5.75 Å². The topological polar surface area (TPSA) is 45.2 Å². The molecule has 1 aromatic heterocycles. The van der Waals surface area contributed by atoms with Gasteiger partial charge in [0.2, 0.25) is 0 Å². The van der Waals surface area contributed by atoms with Gasteiger partial charge in [0.1, 0.15) is 5.75 Å². The molecule has 2 aromatic rings. The second-order valence-corrected chi connectivity index (χ2v) is 9.85. The summed E-state index contributed by atoms with van der Waals surface area (Å²) < 4.78 is 0. The van der Waals surface area contributed by atoms with Crippen molar-refractivity contribution in [2.24, 2.45) is 0 Å². The number of phenolic OH excluding ortho intramolecular Hbond substituents is 1. The fourth-order valence-corrected chi connectivity index (χ4v) is 3.70. The van der Waals surface area contributed by atoms with Crippen molar-refractivity contribution in [1.29, 1.82) is 0 Å². The van der Waals surface area contributed by atoms with Gasteiger partial charge in [-0.3, -0.25) is 4.98 Å². The van der Waals surface area contributed by atoms with E-state index in [0.29, 0.717) is 14.3 Å². The van der Waals surface area contributed by atoms with E-state index in [1.165, 1.54) is 10.9 Å². The number of nitrogens with zero attached hydrogens (tertiary/aromatic N) is 1. The summed E-state index contributed by atoms with van der Waals surface area (Å²) in [4.78, 5) is 4.14. The van der Waals surface area contributed by atoms with Gasteiger partial charge in [-0.2, -0.15) is 0 Å². The molecule has 136 valence electrons. The van der Waals surface area contributed by atoms with Crippen LogP contribution in [-0.2, 0) is 17.4 Å². The van der Waals surface area contributed by atoms with E-state index in [9.17, 15) is 5.11 Å². The Morgan fingerprint density at radius 2 is 1.64 bits per heavy atom. The molecule has 0 saturated carbocycles. The van der Waals surface area contributed by atoms with Gasteiger partial charge < -0.3 is 10.4 Å². The van der Waals surface area contributed by atoms with Gasteiger partial charge in [-0.15, -0.1) is 0 Å². The minimum atomic E-state index is -0.0757. The van der Waals surface area contributed by atoms with E-state index >= 15 is 0 Å². The van der Waals surface area contributed by atoms with Crippen molar-refractivity contribution in [3.63, 3.8) is 0 Å². The van der Waals surface area contributed by atoms with Crippen molar-refractivity contribution < 1.29 is 5.11 Å². The largest absolute Gasteiger partial charge is 0.507 e. The van der Waals surface area contributed by atoms with Gasteiger partial charge in [0.05, 0.1) is 0 Å². The fraction of sp³-hybridized carbons (Fsp3) is 0.476. The van der Waals surface area contributed by atoms with Gasteiger partial charge in [-0.25, -0.2) is 0 Å². The lowest BCUT2D eigenvalue weighted by atomic mass is 9.79. The predicted molar refractivity (Wildman–Crippen MR) is 109 cm³/mol. The molecule has 2 rings (SSSR count). The number of pyridine rings is 1. The number of nitrogens with one attached hydrogen (secondary N) is 1. The molecule has 1 aromatic carbocycles. The summed E-state index contributed by atoms with van der Waals surface area (Å²) in [5.41, 5.74) is 3.12. The summed E-state index contributed by atoms with van der Waals surface area (Å²) in [6.45, 7) is 13.8. The lowest BCUT2D eigenvalue weighted by Gasteiger charge is -2.28. The van der Waals surface area contributed by atoms with Crippen LogP contribution in [0.25, 0.3) is 0 Å². The molecule has 0 aliphatic carbocycles. The molecule has 0 aliphatic rings. The Morgan fingerprint density at radius 1 is 1.04 bits per heavy atom. The standard InChI is InChI=1S/C21H31N2OP/c1-20(2,3)17-10-16(11-18(19(17)24)21(4,5)6)25-14-23-13-15-8-7-9-22-12-15/h7-12,23-25H,13-14H2,1-6H3. The SMILES string of the molecule is CC(C)(C)c1cc(PCNCc2cccnc2)cc(C(C)(C)C)c1O. The average Bonchev–Trinajstić information content (AvgIpc) is 2.51. The molecule has 2 N–H and O–H groups in total. The van der Waals surface area contributed by atoms with E-state index in [-0.39, 0.29) is 10.8 Å². The maximum absolute atomic E-state index is 10.8. The van der Waals surface area contributed by atoms with E-state index in [0.717, 1.165) is 24.0 Å². The molecule has 3 nitrogen and oxygen atoms in total. The summed E-state index contributed by atoms with van der Waals surface area (Å²) in [5, 5.41) is 15.6. The fourth-order valence-electron chi connectivity index (χ4n) is 2.75. The Labute approximate surface area is 154 Å². The highest BCUT2D eigenvalue weighted by Crippen LogP contribution is 2.39. The maximum atomic E-state index is 10.8. The Morgan fingerprint density at radius 3 is 2.12 bits per heavy atom. The number of phenols is 1. The molecular formula is C21H31N2OP. The van der Waals surface area contributed by atoms with Crippen molar-refractivity contribution in [3.05, 3.63) is 53.3 Å². The molecule has 0 bridgehead atoms. The minimum absolute atomic E-state index is 0.0757. The van der Waals surface area contributed by atoms with Crippen molar-refractivity contribution >= 4 is 13.9 Å². The highest BCUT2D eigenvalue weighted by atomic mass is 31.1. The zero-order valence-corrected chi connectivity index (χ0v) is 17.3. The van der Waals surface area contributed by atoms with Crippen LogP contribution in [0.4, 0.5) is 0 Å². The number of aromatic nitrogens is 1. The molecule has 0 aliphatic heterocycles. The third kappa shape index (κ3) is 5.52. The van der Waals surface area contributed by atoms with Gasteiger partial charge in [-0.05, 0) is 39.9 Å². The highest BCUT2D eigenvalue weighted by molar-refractivity contribution is 7.47. The molecule has 1 heterocycles. The minimum Gasteiger partial charge on any atom is -0.507 e. The van der Waals surface area contributed by atoms with Gasteiger partial charge in [0.25, 0.3) is 0 Å². The second-order valence-electron chi connectivity index (χ2n) is 8.56. The molecule has 0 amide bonds. The van der Waals surface area contributed by atoms with Crippen LogP contribution >= 0.6 is 8.58 Å². The molecule has 4 heteroatoms. The van der Waals surface area contributed by atoms with Crippen LogP contribution in [-0.4, -0.2) is 16.4 Å². The average molecular weight is 358 g/mol. The van der Waals surface area contributed by atoms with Gasteiger partial charge >= 0.3 is 0 Å². The smallest absolute Gasteiger partial charge is 0.123 e. The van der Waals surface area contributed by atoms with E-state index in [1.807, 2.05) is 12.3 Å². The number of aromatic hydroxyl groups is 1. The maximum Gasteiger partial charge on any atom is 0.123 e. The van der Waals surface area contributed by atoms with Crippen LogP contribution in [0.3, 0.4) is 0 Å². The molecule has 1 unspecified atom stereocenters. The van der Waals surface area contributed by atoms with Crippen molar-refractivity contribution in [2.75, 3.05) is 6.29 Å². The molecule has 0 saturated heterocycles. The molecule has 0 radical (unpaired) electrons. The second kappa shape index (κ2) is 7.85. The first-order chi connectivity index (χ1) is 11.6. The normalized spacial score (nSPS) is 12.9. The lowest BCUT2D eigenvalue weighted by Crippen LogP contribution is -2.21. The first-order valence-electron chi connectivity index (χ1n) is 8.80. The summed E-state index contributed by atoms with van der Waals surface area (Å²) in [7, 11) is 0.661. The molecule has 0 fully saturated rings. The van der Waals surface area contributed by atoms with Crippen LogP contribution in [0.5, 0.6) is 5.75 Å². The lowest BCUT2D eigenvalue weighted by molar-refractivity contribution is 0.424. The van der Waals surface area contributed by atoms with Crippen LogP contribution in [0, 0.1) is 0 Å². The number of hydrogen-bond acceptors (Lipinski definition) is 3. The molecule has 1 atom stereocenters. The zero-order valence-electron chi connectivity index (χ0n) is 16.3. The van der Waals surface area contributed by atoms with Gasteiger partial charge in [-0.1, -0.05) is 56.2 Å². The monoisotopic (exact) mass is 358 g/mol. The van der Waals surface area contributed by atoms with E-state index in [1.54, 1.807) is 6.20 Å². The summed E-state index contributed by atoms with van der Waals surface area (Å²) in [5.74, 6) is 0.455. The van der Waals surface area contributed by atoms with E-state index in [4.69, 9.17) is 0 Å². The van der Waals surface area contributed by atoms with Crippen molar-refractivity contribution in [1.82, 2.24) is 10.3 Å². The Kier molecular flexibility index (Phi) is 6.24. The molecule has 0 spiro atoms. The molecular weight excluding hydrogens is 327 g/mol. The van der Waals surface area contributed by atoms with Crippen LogP contribution in [0.1, 0.15) is 58.2 Å². The summed E-state index contributed by atoms with van der Waals surface area (Å²) in [6.07, 6.45) is 4.61. The van der Waals surface area contributed by atoms with Gasteiger partial charge in [0, 0.05) is 36.4 Å². The quantitative estimate of drug-likeness (QED) is 0.614. The number of rotatable bonds is 5. The first kappa shape index (κ1) is 19.9. The Balaban J connectivity index is 2.14. The van der Waals surface area contributed by atoms with Crippen molar-refractivity contribution in [2.45, 2.75) is 58.9 Å².